The van der Waals surface area contributed by atoms with Crippen molar-refractivity contribution in [2.75, 3.05) is 26.2 Å². The minimum atomic E-state index is 0.106. The lowest BCUT2D eigenvalue weighted by molar-refractivity contribution is 0.198. The van der Waals surface area contributed by atoms with Crippen LogP contribution >= 0.6 is 23.2 Å². The van der Waals surface area contributed by atoms with Gasteiger partial charge >= 0.3 is 0 Å². The molecule has 1 aliphatic rings. The SMILES string of the molecule is Clc1cccc(Cl)c1C(c1ccccc1)N1CCNCC1. The molecule has 0 bridgehead atoms. The van der Waals surface area contributed by atoms with Crippen LogP contribution in [0.15, 0.2) is 48.5 Å². The van der Waals surface area contributed by atoms with Crippen LogP contribution in [0.2, 0.25) is 10.0 Å². The van der Waals surface area contributed by atoms with Crippen molar-refractivity contribution in [3.8, 4) is 0 Å². The van der Waals surface area contributed by atoms with E-state index in [1.54, 1.807) is 0 Å². The fraction of sp³-hybridized carbons (Fsp3) is 0.294. The number of halogens is 2. The Morgan fingerprint density at radius 1 is 0.857 bits per heavy atom. The standard InChI is InChI=1S/C17H18Cl2N2/c18-14-7-4-8-15(19)16(14)17(13-5-2-1-3-6-13)21-11-9-20-10-12-21/h1-8,17,20H,9-12H2. The summed E-state index contributed by atoms with van der Waals surface area (Å²) in [5, 5.41) is 4.86. The van der Waals surface area contributed by atoms with E-state index >= 15 is 0 Å². The van der Waals surface area contributed by atoms with Crippen LogP contribution < -0.4 is 5.32 Å². The molecule has 2 aromatic rings. The van der Waals surface area contributed by atoms with E-state index in [1.807, 2.05) is 24.3 Å². The molecule has 110 valence electrons. The van der Waals surface area contributed by atoms with Crippen LogP contribution in [-0.4, -0.2) is 31.1 Å². The van der Waals surface area contributed by atoms with Crippen LogP contribution in [0.1, 0.15) is 17.2 Å². The van der Waals surface area contributed by atoms with E-state index in [1.165, 1.54) is 5.56 Å². The third kappa shape index (κ3) is 3.24. The van der Waals surface area contributed by atoms with Crippen LogP contribution in [0.25, 0.3) is 0 Å². The first-order valence-corrected chi connectivity index (χ1v) is 7.96. The average Bonchev–Trinajstić information content (AvgIpc) is 2.53. The van der Waals surface area contributed by atoms with Gasteiger partial charge in [-0.25, -0.2) is 0 Å². The van der Waals surface area contributed by atoms with Crippen molar-refractivity contribution in [2.45, 2.75) is 6.04 Å². The third-order valence-electron chi connectivity index (χ3n) is 3.91. The van der Waals surface area contributed by atoms with Crippen LogP contribution in [0, 0.1) is 0 Å². The van der Waals surface area contributed by atoms with Crippen molar-refractivity contribution in [3.05, 3.63) is 69.7 Å². The molecule has 1 saturated heterocycles. The number of nitrogens with zero attached hydrogens (tertiary/aromatic N) is 1. The van der Waals surface area contributed by atoms with E-state index in [4.69, 9.17) is 23.2 Å². The Balaban J connectivity index is 2.07. The highest BCUT2D eigenvalue weighted by Crippen LogP contribution is 2.37. The smallest absolute Gasteiger partial charge is 0.0632 e. The highest BCUT2D eigenvalue weighted by Gasteiger charge is 2.27. The van der Waals surface area contributed by atoms with Gasteiger partial charge in [0.25, 0.3) is 0 Å². The Kier molecular flexibility index (Phi) is 4.81. The molecule has 0 spiro atoms. The summed E-state index contributed by atoms with van der Waals surface area (Å²) in [4.78, 5) is 2.44. The lowest BCUT2D eigenvalue weighted by Gasteiger charge is -2.36. The first-order chi connectivity index (χ1) is 10.3. The summed E-state index contributed by atoms with van der Waals surface area (Å²) in [6.07, 6.45) is 0. The van der Waals surface area contributed by atoms with E-state index in [2.05, 4.69) is 34.5 Å². The van der Waals surface area contributed by atoms with Crippen LogP contribution in [-0.2, 0) is 0 Å². The molecule has 2 nitrogen and oxygen atoms in total. The molecule has 21 heavy (non-hydrogen) atoms. The van der Waals surface area contributed by atoms with Crippen LogP contribution in [0.5, 0.6) is 0 Å². The maximum absolute atomic E-state index is 6.47. The summed E-state index contributed by atoms with van der Waals surface area (Å²) >= 11 is 12.9. The lowest BCUT2D eigenvalue weighted by Crippen LogP contribution is -2.45. The molecule has 4 heteroatoms. The normalized spacial score (nSPS) is 17.6. The van der Waals surface area contributed by atoms with Gasteiger partial charge in [0.1, 0.15) is 0 Å². The van der Waals surface area contributed by atoms with Gasteiger partial charge in [-0.05, 0) is 17.7 Å². The zero-order valence-corrected chi connectivity index (χ0v) is 13.2. The zero-order chi connectivity index (χ0) is 14.7. The van der Waals surface area contributed by atoms with Crippen molar-refractivity contribution in [1.29, 1.82) is 0 Å². The molecule has 0 aliphatic carbocycles. The summed E-state index contributed by atoms with van der Waals surface area (Å²) in [5.74, 6) is 0. The number of hydrogen-bond acceptors (Lipinski definition) is 2. The number of nitrogens with one attached hydrogen (secondary N) is 1. The highest BCUT2D eigenvalue weighted by molar-refractivity contribution is 6.36. The Bertz CT molecular complexity index is 575. The molecule has 1 aliphatic heterocycles. The maximum Gasteiger partial charge on any atom is 0.0632 e. The first kappa shape index (κ1) is 14.9. The van der Waals surface area contributed by atoms with E-state index in [0.717, 1.165) is 41.8 Å². The van der Waals surface area contributed by atoms with Crippen molar-refractivity contribution in [3.63, 3.8) is 0 Å². The summed E-state index contributed by atoms with van der Waals surface area (Å²) in [6.45, 7) is 3.96. The first-order valence-electron chi connectivity index (χ1n) is 7.21. The second-order valence-corrected chi connectivity index (χ2v) is 6.05. The fourth-order valence-corrected chi connectivity index (χ4v) is 3.51. The van der Waals surface area contributed by atoms with Gasteiger partial charge in [0.05, 0.1) is 6.04 Å². The summed E-state index contributed by atoms with van der Waals surface area (Å²) in [7, 11) is 0. The quantitative estimate of drug-likeness (QED) is 0.920. The fourth-order valence-electron chi connectivity index (χ4n) is 2.91. The molecule has 0 radical (unpaired) electrons. The number of rotatable bonds is 3. The van der Waals surface area contributed by atoms with Crippen LogP contribution in [0.3, 0.4) is 0 Å². The van der Waals surface area contributed by atoms with Gasteiger partial charge in [-0.3, -0.25) is 4.90 Å². The number of piperazine rings is 1. The van der Waals surface area contributed by atoms with Crippen molar-refractivity contribution in [2.24, 2.45) is 0 Å². The molecule has 1 unspecified atom stereocenters. The van der Waals surface area contributed by atoms with Gasteiger partial charge < -0.3 is 5.32 Å². The molecule has 2 aromatic carbocycles. The lowest BCUT2D eigenvalue weighted by atomic mass is 9.96. The maximum atomic E-state index is 6.47. The molecular formula is C17H18Cl2N2. The van der Waals surface area contributed by atoms with Gasteiger partial charge in [0, 0.05) is 41.8 Å². The second-order valence-electron chi connectivity index (χ2n) is 5.23. The second kappa shape index (κ2) is 6.80. The minimum absolute atomic E-state index is 0.106. The monoisotopic (exact) mass is 320 g/mol. The minimum Gasteiger partial charge on any atom is -0.314 e. The molecule has 1 atom stereocenters. The van der Waals surface area contributed by atoms with Crippen molar-refractivity contribution in [1.82, 2.24) is 10.2 Å². The van der Waals surface area contributed by atoms with Gasteiger partial charge in [-0.15, -0.1) is 0 Å². The Morgan fingerprint density at radius 2 is 1.48 bits per heavy atom. The van der Waals surface area contributed by atoms with Crippen LogP contribution in [0.4, 0.5) is 0 Å². The Hall–Kier alpha value is -1.06. The topological polar surface area (TPSA) is 15.3 Å². The molecule has 0 amide bonds. The van der Waals surface area contributed by atoms with Gasteiger partial charge in [0.2, 0.25) is 0 Å². The molecule has 0 saturated carbocycles. The molecular weight excluding hydrogens is 303 g/mol. The molecule has 1 heterocycles. The van der Waals surface area contributed by atoms with E-state index in [9.17, 15) is 0 Å². The average molecular weight is 321 g/mol. The largest absolute Gasteiger partial charge is 0.314 e. The van der Waals surface area contributed by atoms with E-state index in [0.29, 0.717) is 0 Å². The summed E-state index contributed by atoms with van der Waals surface area (Å²) < 4.78 is 0. The summed E-state index contributed by atoms with van der Waals surface area (Å²) in [5.41, 5.74) is 2.24. The number of benzene rings is 2. The third-order valence-corrected chi connectivity index (χ3v) is 4.56. The van der Waals surface area contributed by atoms with Gasteiger partial charge in [-0.1, -0.05) is 59.6 Å². The predicted molar refractivity (Wildman–Crippen MR) is 89.2 cm³/mol. The molecule has 0 aromatic heterocycles. The van der Waals surface area contributed by atoms with E-state index < -0.39 is 0 Å². The Labute approximate surface area is 135 Å². The highest BCUT2D eigenvalue weighted by atomic mass is 35.5. The molecule has 1 N–H and O–H groups in total. The van der Waals surface area contributed by atoms with E-state index in [-0.39, 0.29) is 6.04 Å². The van der Waals surface area contributed by atoms with Gasteiger partial charge in [-0.2, -0.15) is 0 Å². The van der Waals surface area contributed by atoms with Gasteiger partial charge in [0.15, 0.2) is 0 Å². The summed E-state index contributed by atoms with van der Waals surface area (Å²) in [6, 6.07) is 16.3. The molecule has 3 rings (SSSR count). The van der Waals surface area contributed by atoms with Crippen molar-refractivity contribution < 1.29 is 0 Å². The number of hydrogen-bond donors (Lipinski definition) is 1. The predicted octanol–water partition coefficient (Wildman–Crippen LogP) is 3.99. The molecule has 1 fully saturated rings. The van der Waals surface area contributed by atoms with Crippen molar-refractivity contribution >= 4 is 23.2 Å². The Morgan fingerprint density at radius 3 is 2.10 bits per heavy atom. The zero-order valence-electron chi connectivity index (χ0n) is 11.7.